The normalized spacial score (nSPS) is 11.6. The van der Waals surface area contributed by atoms with E-state index >= 15 is 0 Å². The first-order valence-corrected chi connectivity index (χ1v) is 5.49. The van der Waals surface area contributed by atoms with Crippen molar-refractivity contribution >= 4 is 11.6 Å². The Kier molecular flexibility index (Phi) is 5.08. The van der Waals surface area contributed by atoms with Crippen LogP contribution in [0.4, 0.5) is 13.2 Å². The lowest BCUT2D eigenvalue weighted by Gasteiger charge is -2.10. The molecule has 0 aliphatic rings. The van der Waals surface area contributed by atoms with Gasteiger partial charge in [0.15, 0.2) is 0 Å². The number of rotatable bonds is 5. The first-order chi connectivity index (χ1) is 7.92. The summed E-state index contributed by atoms with van der Waals surface area (Å²) in [6.07, 6.45) is -4.20. The van der Waals surface area contributed by atoms with Crippen molar-refractivity contribution in [1.82, 2.24) is 5.32 Å². The molecule has 0 unspecified atom stereocenters. The number of ether oxygens (including phenoxy) is 1. The zero-order valence-electron chi connectivity index (χ0n) is 9.27. The molecule has 0 radical (unpaired) electrons. The van der Waals surface area contributed by atoms with E-state index in [-0.39, 0.29) is 6.54 Å². The Morgan fingerprint density at radius 3 is 2.59 bits per heavy atom. The second-order valence-corrected chi connectivity index (χ2v) is 3.82. The van der Waals surface area contributed by atoms with Crippen molar-refractivity contribution in [1.29, 1.82) is 0 Å². The number of hydrogen-bond donors (Lipinski definition) is 1. The van der Waals surface area contributed by atoms with Crippen LogP contribution in [0.15, 0.2) is 18.2 Å². The smallest absolute Gasteiger partial charge is 0.401 e. The molecule has 0 bridgehead atoms. The highest BCUT2D eigenvalue weighted by atomic mass is 35.5. The van der Waals surface area contributed by atoms with Gasteiger partial charge in [0.1, 0.15) is 5.75 Å². The molecule has 0 atom stereocenters. The monoisotopic (exact) mass is 267 g/mol. The summed E-state index contributed by atoms with van der Waals surface area (Å²) in [6.45, 7) is 1.42. The zero-order chi connectivity index (χ0) is 12.9. The third kappa shape index (κ3) is 5.28. The Hall–Kier alpha value is -0.940. The second-order valence-electron chi connectivity index (χ2n) is 3.42. The summed E-state index contributed by atoms with van der Waals surface area (Å²) >= 11 is 5.90. The number of nitrogens with one attached hydrogen (secondary N) is 1. The molecule has 0 aliphatic heterocycles. The number of alkyl halides is 3. The molecule has 1 aromatic carbocycles. The molecule has 0 aromatic heterocycles. The van der Waals surface area contributed by atoms with E-state index < -0.39 is 12.7 Å². The predicted molar refractivity (Wildman–Crippen MR) is 60.4 cm³/mol. The second kappa shape index (κ2) is 6.12. The van der Waals surface area contributed by atoms with Gasteiger partial charge >= 0.3 is 6.18 Å². The molecule has 1 N–H and O–H groups in total. The molecule has 6 heteroatoms. The van der Waals surface area contributed by atoms with E-state index in [9.17, 15) is 13.2 Å². The van der Waals surface area contributed by atoms with Crippen molar-refractivity contribution in [3.05, 3.63) is 28.8 Å². The van der Waals surface area contributed by atoms with Gasteiger partial charge in [0, 0.05) is 6.54 Å². The minimum Gasteiger partial charge on any atom is -0.492 e. The van der Waals surface area contributed by atoms with Crippen LogP contribution in [-0.2, 0) is 6.54 Å². The van der Waals surface area contributed by atoms with Crippen molar-refractivity contribution < 1.29 is 17.9 Å². The molecule has 0 fully saturated rings. The third-order valence-electron chi connectivity index (χ3n) is 1.95. The van der Waals surface area contributed by atoms with Crippen LogP contribution in [0.25, 0.3) is 0 Å². The van der Waals surface area contributed by atoms with Crippen LogP contribution in [-0.4, -0.2) is 19.3 Å². The summed E-state index contributed by atoms with van der Waals surface area (Å²) in [5, 5.41) is 2.70. The van der Waals surface area contributed by atoms with Gasteiger partial charge in [0.25, 0.3) is 0 Å². The van der Waals surface area contributed by atoms with Crippen LogP contribution < -0.4 is 10.1 Å². The molecule has 0 saturated carbocycles. The standard InChI is InChI=1S/C11H13ClF3NO/c1-2-17-10-4-3-8(5-9(10)12)6-16-7-11(13,14)15/h3-5,16H,2,6-7H2,1H3. The van der Waals surface area contributed by atoms with E-state index in [1.165, 1.54) is 0 Å². The van der Waals surface area contributed by atoms with Gasteiger partial charge in [-0.2, -0.15) is 13.2 Å². The van der Waals surface area contributed by atoms with Crippen molar-refractivity contribution in [2.75, 3.05) is 13.2 Å². The van der Waals surface area contributed by atoms with E-state index in [1.807, 2.05) is 6.92 Å². The summed E-state index contributed by atoms with van der Waals surface area (Å²) in [5.41, 5.74) is 0.683. The van der Waals surface area contributed by atoms with Crippen LogP contribution in [0.3, 0.4) is 0 Å². The molecule has 2 nitrogen and oxygen atoms in total. The van der Waals surface area contributed by atoms with E-state index in [2.05, 4.69) is 5.32 Å². The number of halogens is 4. The largest absolute Gasteiger partial charge is 0.492 e. The van der Waals surface area contributed by atoms with Gasteiger partial charge < -0.3 is 10.1 Å². The Bertz CT molecular complexity index is 368. The van der Waals surface area contributed by atoms with Gasteiger partial charge in [-0.1, -0.05) is 17.7 Å². The van der Waals surface area contributed by atoms with Crippen molar-refractivity contribution in [3.8, 4) is 5.75 Å². The molecule has 1 rings (SSSR count). The molecule has 0 heterocycles. The Balaban J connectivity index is 2.53. The van der Waals surface area contributed by atoms with Crippen molar-refractivity contribution in [3.63, 3.8) is 0 Å². The summed E-state index contributed by atoms with van der Waals surface area (Å²) in [4.78, 5) is 0. The fourth-order valence-electron chi connectivity index (χ4n) is 1.28. The fraction of sp³-hybridized carbons (Fsp3) is 0.455. The minimum atomic E-state index is -4.20. The van der Waals surface area contributed by atoms with Crippen LogP contribution in [0.2, 0.25) is 5.02 Å². The molecular formula is C11H13ClF3NO. The maximum atomic E-state index is 11.9. The van der Waals surface area contributed by atoms with E-state index in [4.69, 9.17) is 16.3 Å². The molecule has 96 valence electrons. The molecule has 1 aromatic rings. The SMILES string of the molecule is CCOc1ccc(CNCC(F)(F)F)cc1Cl. The zero-order valence-corrected chi connectivity index (χ0v) is 10.0. The lowest BCUT2D eigenvalue weighted by Crippen LogP contribution is -2.28. The minimum absolute atomic E-state index is 0.117. The fourth-order valence-corrected chi connectivity index (χ4v) is 1.53. The topological polar surface area (TPSA) is 21.3 Å². The van der Waals surface area contributed by atoms with Crippen LogP contribution in [0, 0.1) is 0 Å². The van der Waals surface area contributed by atoms with Gasteiger partial charge in [-0.25, -0.2) is 0 Å². The molecule has 0 aliphatic carbocycles. The summed E-state index contributed by atoms with van der Waals surface area (Å²) in [7, 11) is 0. The molecule has 0 saturated heterocycles. The van der Waals surface area contributed by atoms with E-state index in [0.717, 1.165) is 0 Å². The Labute approximate surface area is 103 Å². The maximum Gasteiger partial charge on any atom is 0.401 e. The van der Waals surface area contributed by atoms with Crippen molar-refractivity contribution in [2.45, 2.75) is 19.6 Å². The Morgan fingerprint density at radius 2 is 2.06 bits per heavy atom. The third-order valence-corrected chi connectivity index (χ3v) is 2.25. The summed E-state index contributed by atoms with van der Waals surface area (Å²) < 4.78 is 40.9. The number of benzene rings is 1. The van der Waals surface area contributed by atoms with Crippen LogP contribution in [0.5, 0.6) is 5.75 Å². The Morgan fingerprint density at radius 1 is 1.35 bits per heavy atom. The molecule has 0 spiro atoms. The van der Waals surface area contributed by atoms with Crippen LogP contribution >= 0.6 is 11.6 Å². The van der Waals surface area contributed by atoms with Crippen molar-refractivity contribution in [2.24, 2.45) is 0 Å². The molecular weight excluding hydrogens is 255 g/mol. The maximum absolute atomic E-state index is 11.9. The van der Waals surface area contributed by atoms with Gasteiger partial charge in [-0.3, -0.25) is 0 Å². The average Bonchev–Trinajstić information content (AvgIpc) is 2.20. The lowest BCUT2D eigenvalue weighted by atomic mass is 10.2. The highest BCUT2D eigenvalue weighted by molar-refractivity contribution is 6.32. The van der Waals surface area contributed by atoms with Crippen LogP contribution in [0.1, 0.15) is 12.5 Å². The first-order valence-electron chi connectivity index (χ1n) is 5.11. The first kappa shape index (κ1) is 14.1. The van der Waals surface area contributed by atoms with Gasteiger partial charge in [-0.15, -0.1) is 0 Å². The summed E-state index contributed by atoms with van der Waals surface area (Å²) in [6, 6.07) is 4.92. The predicted octanol–water partition coefficient (Wildman–Crippen LogP) is 3.39. The lowest BCUT2D eigenvalue weighted by molar-refractivity contribution is -0.125. The molecule has 0 amide bonds. The van der Waals surface area contributed by atoms with Gasteiger partial charge in [-0.05, 0) is 24.6 Å². The van der Waals surface area contributed by atoms with Gasteiger partial charge in [0.2, 0.25) is 0 Å². The van der Waals surface area contributed by atoms with Gasteiger partial charge in [0.05, 0.1) is 18.2 Å². The number of hydrogen-bond acceptors (Lipinski definition) is 2. The van der Waals surface area contributed by atoms with E-state index in [1.54, 1.807) is 18.2 Å². The highest BCUT2D eigenvalue weighted by Gasteiger charge is 2.26. The quantitative estimate of drug-likeness (QED) is 0.883. The average molecular weight is 268 g/mol. The van der Waals surface area contributed by atoms with E-state index in [0.29, 0.717) is 22.9 Å². The molecule has 17 heavy (non-hydrogen) atoms. The highest BCUT2D eigenvalue weighted by Crippen LogP contribution is 2.25. The summed E-state index contributed by atoms with van der Waals surface area (Å²) in [5.74, 6) is 0.536.